The van der Waals surface area contributed by atoms with Crippen LogP contribution in [-0.2, 0) is 10.2 Å². The Hall–Kier alpha value is -2.96. The largest absolute Gasteiger partial charge is 0.405 e. The smallest absolute Gasteiger partial charge is 0.340 e. The van der Waals surface area contributed by atoms with Crippen molar-refractivity contribution in [2.75, 3.05) is 13.1 Å². The minimum absolute atomic E-state index is 0.0449. The summed E-state index contributed by atoms with van der Waals surface area (Å²) in [5.41, 5.74) is -3.36. The van der Waals surface area contributed by atoms with Gasteiger partial charge < -0.3 is 9.42 Å². The molecule has 0 N–H and O–H groups in total. The van der Waals surface area contributed by atoms with Gasteiger partial charge in [0.15, 0.2) is 5.41 Å². The van der Waals surface area contributed by atoms with Crippen LogP contribution >= 0.6 is 0 Å². The molecule has 146 valence electrons. The van der Waals surface area contributed by atoms with Crippen molar-refractivity contribution < 1.29 is 22.5 Å². The molecule has 1 saturated heterocycles. The first-order chi connectivity index (χ1) is 13.3. The van der Waals surface area contributed by atoms with Gasteiger partial charge in [0.2, 0.25) is 17.6 Å². The van der Waals surface area contributed by atoms with E-state index in [1.165, 1.54) is 6.20 Å². The van der Waals surface area contributed by atoms with Crippen molar-refractivity contribution >= 4 is 5.91 Å². The lowest BCUT2D eigenvalue weighted by Gasteiger charge is -2.37. The van der Waals surface area contributed by atoms with Crippen LogP contribution < -0.4 is 0 Å². The molecule has 1 amide bonds. The van der Waals surface area contributed by atoms with Crippen molar-refractivity contribution in [2.45, 2.75) is 37.3 Å². The standard InChI is InChI=1S/C18H16F3N5O2/c19-18(20,21)17(14-24-13(25-28-14)12-4-1-2-8-23-12)7-9-26(11-17)15(27)16(10-22)5-3-6-16/h1-2,4,8H,3,5-7,9,11H2. The minimum Gasteiger partial charge on any atom is -0.340 e. The molecule has 2 aromatic heterocycles. The fourth-order valence-corrected chi connectivity index (χ4v) is 3.73. The summed E-state index contributed by atoms with van der Waals surface area (Å²) in [4.78, 5) is 21.8. The van der Waals surface area contributed by atoms with E-state index in [0.717, 1.165) is 4.90 Å². The molecule has 1 atom stereocenters. The third kappa shape index (κ3) is 2.65. The van der Waals surface area contributed by atoms with Gasteiger partial charge in [0, 0.05) is 19.3 Å². The molecule has 1 saturated carbocycles. The number of nitriles is 1. The van der Waals surface area contributed by atoms with Gasteiger partial charge in [-0.2, -0.15) is 23.4 Å². The minimum atomic E-state index is -4.70. The van der Waals surface area contributed by atoms with Crippen molar-refractivity contribution in [1.82, 2.24) is 20.0 Å². The van der Waals surface area contributed by atoms with Crippen molar-refractivity contribution in [1.29, 1.82) is 5.26 Å². The highest BCUT2D eigenvalue weighted by Gasteiger charge is 2.64. The summed E-state index contributed by atoms with van der Waals surface area (Å²) in [5, 5.41) is 13.0. The number of carbonyl (C=O) groups excluding carboxylic acids is 1. The van der Waals surface area contributed by atoms with E-state index in [1.54, 1.807) is 18.2 Å². The highest BCUT2D eigenvalue weighted by Crippen LogP contribution is 2.49. The zero-order chi connectivity index (χ0) is 20.0. The number of alkyl halides is 3. The van der Waals surface area contributed by atoms with Gasteiger partial charge in [0.25, 0.3) is 0 Å². The van der Waals surface area contributed by atoms with Crippen LogP contribution in [0.3, 0.4) is 0 Å². The summed E-state index contributed by atoms with van der Waals surface area (Å²) in [6.07, 6.45) is -2.15. The summed E-state index contributed by atoms with van der Waals surface area (Å²) < 4.78 is 47.2. The molecule has 2 fully saturated rings. The van der Waals surface area contributed by atoms with Gasteiger partial charge in [0.05, 0.1) is 6.07 Å². The molecule has 0 radical (unpaired) electrons. The van der Waals surface area contributed by atoms with Crippen molar-refractivity contribution in [3.05, 3.63) is 30.3 Å². The molecule has 1 unspecified atom stereocenters. The maximum Gasteiger partial charge on any atom is 0.405 e. The number of likely N-dealkylation sites (tertiary alicyclic amines) is 1. The lowest BCUT2D eigenvalue weighted by molar-refractivity contribution is -0.194. The van der Waals surface area contributed by atoms with E-state index in [2.05, 4.69) is 15.1 Å². The predicted octanol–water partition coefficient (Wildman–Crippen LogP) is 2.86. The molecule has 2 aliphatic rings. The highest BCUT2D eigenvalue weighted by molar-refractivity contribution is 5.86. The number of carbonyl (C=O) groups is 1. The predicted molar refractivity (Wildman–Crippen MR) is 88.4 cm³/mol. The fraction of sp³-hybridized carbons (Fsp3) is 0.500. The SMILES string of the molecule is N#CC1(C(=O)N2CCC(c3nc(-c4ccccn4)no3)(C(F)(F)F)C2)CCC1. The number of hydrogen-bond acceptors (Lipinski definition) is 6. The summed E-state index contributed by atoms with van der Waals surface area (Å²) in [7, 11) is 0. The first-order valence-electron chi connectivity index (χ1n) is 8.84. The van der Waals surface area contributed by atoms with E-state index < -0.39 is 41.8 Å². The van der Waals surface area contributed by atoms with Gasteiger partial charge in [-0.15, -0.1) is 0 Å². The second kappa shape index (κ2) is 6.29. The van der Waals surface area contributed by atoms with Crippen LogP contribution in [0.25, 0.3) is 11.5 Å². The van der Waals surface area contributed by atoms with Crippen molar-refractivity contribution in [2.24, 2.45) is 5.41 Å². The van der Waals surface area contributed by atoms with E-state index in [9.17, 15) is 23.2 Å². The Labute approximate surface area is 158 Å². The summed E-state index contributed by atoms with van der Waals surface area (Å²) >= 11 is 0. The topological polar surface area (TPSA) is 95.9 Å². The van der Waals surface area contributed by atoms with Gasteiger partial charge >= 0.3 is 6.18 Å². The first-order valence-corrected chi connectivity index (χ1v) is 8.84. The van der Waals surface area contributed by atoms with Gasteiger partial charge in [-0.25, -0.2) is 0 Å². The molecule has 3 heterocycles. The third-order valence-corrected chi connectivity index (χ3v) is 5.66. The zero-order valence-electron chi connectivity index (χ0n) is 14.7. The van der Waals surface area contributed by atoms with Crippen LogP contribution in [0.5, 0.6) is 0 Å². The van der Waals surface area contributed by atoms with Crippen LogP contribution in [0.4, 0.5) is 13.2 Å². The monoisotopic (exact) mass is 391 g/mol. The fourth-order valence-electron chi connectivity index (χ4n) is 3.73. The Morgan fingerprint density at radius 1 is 1.29 bits per heavy atom. The van der Waals surface area contributed by atoms with E-state index in [4.69, 9.17) is 4.52 Å². The number of halogens is 3. The number of pyridine rings is 1. The second-order valence-corrected chi connectivity index (χ2v) is 7.24. The van der Waals surface area contributed by atoms with Gasteiger partial charge in [0.1, 0.15) is 11.1 Å². The van der Waals surface area contributed by atoms with Gasteiger partial charge in [-0.1, -0.05) is 11.2 Å². The normalized spacial score (nSPS) is 23.9. The van der Waals surface area contributed by atoms with Gasteiger partial charge in [-0.3, -0.25) is 9.78 Å². The highest BCUT2D eigenvalue weighted by atomic mass is 19.4. The van der Waals surface area contributed by atoms with Crippen LogP contribution in [0.2, 0.25) is 0 Å². The second-order valence-electron chi connectivity index (χ2n) is 7.24. The van der Waals surface area contributed by atoms with Crippen LogP contribution in [-0.4, -0.2) is 45.2 Å². The molecule has 2 aromatic rings. The molecular weight excluding hydrogens is 375 g/mol. The molecule has 28 heavy (non-hydrogen) atoms. The van der Waals surface area contributed by atoms with Crippen LogP contribution in [0.1, 0.15) is 31.6 Å². The lowest BCUT2D eigenvalue weighted by Crippen LogP contribution is -2.50. The zero-order valence-corrected chi connectivity index (χ0v) is 14.7. The molecular formula is C18H16F3N5O2. The molecule has 1 aliphatic carbocycles. The van der Waals surface area contributed by atoms with Crippen molar-refractivity contribution in [3.8, 4) is 17.6 Å². The van der Waals surface area contributed by atoms with E-state index in [1.807, 2.05) is 6.07 Å². The van der Waals surface area contributed by atoms with Crippen LogP contribution in [0, 0.1) is 16.7 Å². The number of rotatable bonds is 3. The summed E-state index contributed by atoms with van der Waals surface area (Å²) in [5.74, 6) is -1.18. The van der Waals surface area contributed by atoms with E-state index >= 15 is 0 Å². The summed E-state index contributed by atoms with van der Waals surface area (Å²) in [6, 6.07) is 6.87. The van der Waals surface area contributed by atoms with Crippen LogP contribution in [0.15, 0.2) is 28.9 Å². The number of aromatic nitrogens is 3. The van der Waals surface area contributed by atoms with Gasteiger partial charge in [-0.05, 0) is 37.8 Å². The molecule has 7 nitrogen and oxygen atoms in total. The quantitative estimate of drug-likeness (QED) is 0.798. The molecule has 1 aliphatic heterocycles. The summed E-state index contributed by atoms with van der Waals surface area (Å²) in [6.45, 7) is -0.758. The van der Waals surface area contributed by atoms with Crippen molar-refractivity contribution in [3.63, 3.8) is 0 Å². The average Bonchev–Trinajstić information content (AvgIpc) is 3.29. The van der Waals surface area contributed by atoms with E-state index in [-0.39, 0.29) is 12.4 Å². The Morgan fingerprint density at radius 2 is 2.07 bits per heavy atom. The Balaban J connectivity index is 1.66. The Kier molecular flexibility index (Phi) is 4.14. The Bertz CT molecular complexity index is 933. The first kappa shape index (κ1) is 18.4. The number of amides is 1. The Morgan fingerprint density at radius 3 is 2.64 bits per heavy atom. The van der Waals surface area contributed by atoms with E-state index in [0.29, 0.717) is 25.0 Å². The number of hydrogen-bond donors (Lipinski definition) is 0. The number of nitrogens with zero attached hydrogens (tertiary/aromatic N) is 5. The molecule has 0 aromatic carbocycles. The average molecular weight is 391 g/mol. The molecule has 4 rings (SSSR count). The molecule has 0 spiro atoms. The third-order valence-electron chi connectivity index (χ3n) is 5.66. The molecule has 10 heteroatoms. The lowest BCUT2D eigenvalue weighted by atomic mass is 9.69. The maximum atomic E-state index is 14.1. The molecule has 0 bridgehead atoms. The maximum absolute atomic E-state index is 14.1.